The van der Waals surface area contributed by atoms with E-state index in [4.69, 9.17) is 11.5 Å². The summed E-state index contributed by atoms with van der Waals surface area (Å²) in [5.74, 6) is -0.693. The summed E-state index contributed by atoms with van der Waals surface area (Å²) in [7, 11) is 0. The Labute approximate surface area is 185 Å². The Morgan fingerprint density at radius 1 is 0.742 bits per heavy atom. The van der Waals surface area contributed by atoms with Crippen molar-refractivity contribution in [2.75, 3.05) is 78.7 Å². The number of hydrogen-bond donors (Lipinski definition) is 3. The highest BCUT2D eigenvalue weighted by atomic mass is 16.2. The average molecular weight is 442 g/mol. The molecule has 0 aromatic rings. The van der Waals surface area contributed by atoms with E-state index in [2.05, 4.69) is 15.1 Å². The maximum atomic E-state index is 12.6. The normalized spacial score (nSPS) is 19.2. The molecule has 11 nitrogen and oxygen atoms in total. The van der Waals surface area contributed by atoms with Gasteiger partial charge in [-0.1, -0.05) is 20.8 Å². The molecule has 178 valence electrons. The van der Waals surface area contributed by atoms with Crippen LogP contribution >= 0.6 is 0 Å². The van der Waals surface area contributed by atoms with E-state index in [1.54, 1.807) is 0 Å². The van der Waals surface area contributed by atoms with Crippen LogP contribution in [0.5, 0.6) is 0 Å². The molecule has 1 rings (SSSR count). The van der Waals surface area contributed by atoms with Gasteiger partial charge in [0.05, 0.1) is 26.3 Å². The van der Waals surface area contributed by atoms with Gasteiger partial charge in [0, 0.05) is 57.8 Å². The largest absolute Gasteiger partial charge is 0.369 e. The van der Waals surface area contributed by atoms with Gasteiger partial charge >= 0.3 is 0 Å². The Kier molecular flexibility index (Phi) is 11.6. The first kappa shape index (κ1) is 27.0. The molecule has 31 heavy (non-hydrogen) atoms. The van der Waals surface area contributed by atoms with Crippen molar-refractivity contribution >= 4 is 24.0 Å². The third-order valence-corrected chi connectivity index (χ3v) is 5.29. The number of Topliss-reactive ketones (excluding diaryl/α,β-unsaturated/α-hetero) is 1. The summed E-state index contributed by atoms with van der Waals surface area (Å²) < 4.78 is 0. The summed E-state index contributed by atoms with van der Waals surface area (Å²) in [6.07, 6.45) is 0.653. The lowest BCUT2D eigenvalue weighted by Gasteiger charge is -2.34. The number of nitrogens with one attached hydrogen (secondary N) is 1. The molecule has 1 aliphatic heterocycles. The predicted molar refractivity (Wildman–Crippen MR) is 118 cm³/mol. The van der Waals surface area contributed by atoms with E-state index in [-0.39, 0.29) is 18.9 Å². The molecule has 1 saturated heterocycles. The Morgan fingerprint density at radius 3 is 1.42 bits per heavy atom. The molecule has 0 spiro atoms. The molecule has 0 unspecified atom stereocenters. The number of nitrogens with two attached hydrogens (primary N) is 2. The van der Waals surface area contributed by atoms with Gasteiger partial charge in [0.25, 0.3) is 0 Å². The van der Waals surface area contributed by atoms with E-state index >= 15 is 0 Å². The lowest BCUT2D eigenvalue weighted by Crippen LogP contribution is -2.50. The Bertz CT molecular complexity index is 609. The van der Waals surface area contributed by atoms with E-state index in [9.17, 15) is 19.2 Å². The minimum Gasteiger partial charge on any atom is -0.369 e. The number of hydrogen-bond acceptors (Lipinski definition) is 8. The van der Waals surface area contributed by atoms with Gasteiger partial charge in [-0.25, -0.2) is 0 Å². The molecular formula is C20H39N7O4. The first-order valence-corrected chi connectivity index (χ1v) is 10.7. The van der Waals surface area contributed by atoms with E-state index in [0.29, 0.717) is 72.0 Å². The molecule has 1 heterocycles. The predicted octanol–water partition coefficient (Wildman–Crippen LogP) is -2.50. The fourth-order valence-electron chi connectivity index (χ4n) is 3.26. The van der Waals surface area contributed by atoms with Crippen molar-refractivity contribution in [2.45, 2.75) is 20.8 Å². The molecule has 11 heteroatoms. The van der Waals surface area contributed by atoms with E-state index < -0.39 is 17.2 Å². The number of carbonyl (C=O) groups is 4. The van der Waals surface area contributed by atoms with Crippen LogP contribution in [0.2, 0.25) is 0 Å². The summed E-state index contributed by atoms with van der Waals surface area (Å²) in [5, 5.41) is 2.68. The third kappa shape index (κ3) is 11.8. The van der Waals surface area contributed by atoms with Crippen molar-refractivity contribution < 1.29 is 19.2 Å². The van der Waals surface area contributed by atoms with E-state index in [1.807, 2.05) is 30.6 Å². The minimum absolute atomic E-state index is 0.112. The van der Waals surface area contributed by atoms with Crippen LogP contribution in [0.3, 0.4) is 0 Å². The molecule has 1 fully saturated rings. The molecule has 0 aromatic heterocycles. The van der Waals surface area contributed by atoms with Gasteiger partial charge in [0.2, 0.25) is 18.2 Å². The molecule has 0 aliphatic carbocycles. The molecule has 0 saturated carbocycles. The molecule has 3 amide bonds. The molecule has 1 aliphatic rings. The number of carbonyl (C=O) groups excluding carboxylic acids is 4. The zero-order valence-electron chi connectivity index (χ0n) is 19.1. The standard InChI is InChI=1S/C20H39N7O4/c1-20(2,3)17(29)12-24-4-5-25(13-18(21)30)6-7-26(14-19(22)31)9-11-27(10-8-24)15-23-16-28/h16H,4-15H2,1-3H3,(H2,21,30)(H2,22,31)(H,23,28). The second-order valence-electron chi connectivity index (χ2n) is 9.03. The van der Waals surface area contributed by atoms with Gasteiger partial charge in [-0.05, 0) is 0 Å². The summed E-state index contributed by atoms with van der Waals surface area (Å²) >= 11 is 0. The zero-order chi connectivity index (χ0) is 23.4. The van der Waals surface area contributed by atoms with Crippen molar-refractivity contribution in [3.63, 3.8) is 0 Å². The summed E-state index contributed by atoms with van der Waals surface area (Å²) in [5.41, 5.74) is 10.4. The highest BCUT2D eigenvalue weighted by Crippen LogP contribution is 2.15. The lowest BCUT2D eigenvalue weighted by molar-refractivity contribution is -0.127. The second-order valence-corrected chi connectivity index (χ2v) is 9.03. The maximum absolute atomic E-state index is 12.6. The van der Waals surface area contributed by atoms with Crippen LogP contribution in [-0.2, 0) is 19.2 Å². The number of nitrogens with zero attached hydrogens (tertiary/aromatic N) is 4. The van der Waals surface area contributed by atoms with Crippen molar-refractivity contribution in [1.29, 1.82) is 0 Å². The van der Waals surface area contributed by atoms with Crippen molar-refractivity contribution in [2.24, 2.45) is 16.9 Å². The summed E-state index contributed by atoms with van der Waals surface area (Å²) in [6.45, 7) is 11.3. The fraction of sp³-hybridized carbons (Fsp3) is 0.800. The van der Waals surface area contributed by atoms with Crippen molar-refractivity contribution in [3.05, 3.63) is 0 Å². The van der Waals surface area contributed by atoms with Crippen LogP contribution in [0.1, 0.15) is 20.8 Å². The Balaban J connectivity index is 2.96. The molecule has 0 aromatic carbocycles. The van der Waals surface area contributed by atoms with Crippen LogP contribution in [0.25, 0.3) is 0 Å². The van der Waals surface area contributed by atoms with Crippen LogP contribution in [-0.4, -0.2) is 122 Å². The SMILES string of the molecule is CC(C)(C)C(=O)CN1CCN(CNC=O)CCN(CC(N)=O)CCN(CC(N)=O)CC1. The summed E-state index contributed by atoms with van der Waals surface area (Å²) in [4.78, 5) is 54.4. The average Bonchev–Trinajstić information content (AvgIpc) is 2.65. The fourth-order valence-corrected chi connectivity index (χ4v) is 3.26. The number of rotatable bonds is 9. The third-order valence-electron chi connectivity index (χ3n) is 5.29. The topological polar surface area (TPSA) is 145 Å². The number of primary amides is 2. The second kappa shape index (κ2) is 13.4. The van der Waals surface area contributed by atoms with Crippen LogP contribution in [0.4, 0.5) is 0 Å². The molecular weight excluding hydrogens is 402 g/mol. The number of ketones is 1. The molecule has 0 radical (unpaired) electrons. The van der Waals surface area contributed by atoms with Gasteiger partial charge in [0.15, 0.2) is 5.78 Å². The first-order chi connectivity index (χ1) is 14.5. The Morgan fingerprint density at radius 2 is 1.10 bits per heavy atom. The monoisotopic (exact) mass is 441 g/mol. The van der Waals surface area contributed by atoms with Gasteiger partial charge in [-0.3, -0.25) is 38.8 Å². The highest BCUT2D eigenvalue weighted by molar-refractivity contribution is 5.85. The molecule has 5 N–H and O–H groups in total. The highest BCUT2D eigenvalue weighted by Gasteiger charge is 2.25. The van der Waals surface area contributed by atoms with Gasteiger partial charge in [0.1, 0.15) is 0 Å². The van der Waals surface area contributed by atoms with Crippen molar-refractivity contribution in [1.82, 2.24) is 24.9 Å². The van der Waals surface area contributed by atoms with E-state index in [0.717, 1.165) is 0 Å². The number of amides is 3. The van der Waals surface area contributed by atoms with Gasteiger partial charge in [-0.2, -0.15) is 0 Å². The first-order valence-electron chi connectivity index (χ1n) is 10.7. The van der Waals surface area contributed by atoms with E-state index in [1.165, 1.54) is 0 Å². The van der Waals surface area contributed by atoms with Crippen LogP contribution in [0, 0.1) is 5.41 Å². The quantitative estimate of drug-likeness (QED) is 0.333. The smallest absolute Gasteiger partial charge is 0.231 e. The molecule has 0 atom stereocenters. The minimum atomic E-state index is -0.440. The van der Waals surface area contributed by atoms with Gasteiger partial charge < -0.3 is 16.8 Å². The van der Waals surface area contributed by atoms with Crippen LogP contribution in [0.15, 0.2) is 0 Å². The zero-order valence-corrected chi connectivity index (χ0v) is 19.1. The van der Waals surface area contributed by atoms with Gasteiger partial charge in [-0.15, -0.1) is 0 Å². The Hall–Kier alpha value is -2.08. The van der Waals surface area contributed by atoms with Crippen LogP contribution < -0.4 is 16.8 Å². The maximum Gasteiger partial charge on any atom is 0.231 e. The lowest BCUT2D eigenvalue weighted by atomic mass is 9.90. The summed E-state index contributed by atoms with van der Waals surface area (Å²) in [6, 6.07) is 0. The molecule has 0 bridgehead atoms. The van der Waals surface area contributed by atoms with Crippen molar-refractivity contribution in [3.8, 4) is 0 Å².